The van der Waals surface area contributed by atoms with Gasteiger partial charge in [-0.2, -0.15) is 5.10 Å². The summed E-state index contributed by atoms with van der Waals surface area (Å²) >= 11 is 3.42. The van der Waals surface area contributed by atoms with Crippen molar-refractivity contribution in [1.82, 2.24) is 9.78 Å². The minimum atomic E-state index is 0.0402. The molecule has 3 nitrogen and oxygen atoms in total. The molecule has 0 unspecified atom stereocenters. The molecule has 0 fully saturated rings. The van der Waals surface area contributed by atoms with Gasteiger partial charge < -0.3 is 5.11 Å². The normalized spacial score (nSPS) is 10.5. The molecular weight excluding hydrogens is 256 g/mol. The Bertz CT molecular complexity index is 453. The number of hydrogen-bond acceptors (Lipinski definition) is 2. The standard InChI is InChI=1S/C11H11BrN2O/c12-11-3-1-2-9(4-11)6-14-7-10(8-15)5-13-14/h1-5,7,15H,6,8H2. The molecule has 0 spiro atoms. The summed E-state index contributed by atoms with van der Waals surface area (Å²) < 4.78 is 2.88. The molecule has 0 aliphatic rings. The Morgan fingerprint density at radius 3 is 2.87 bits per heavy atom. The maximum absolute atomic E-state index is 8.90. The lowest BCUT2D eigenvalue weighted by molar-refractivity contribution is 0.281. The third-order valence-corrected chi connectivity index (χ3v) is 2.60. The molecule has 1 heterocycles. The number of rotatable bonds is 3. The summed E-state index contributed by atoms with van der Waals surface area (Å²) in [5.74, 6) is 0. The molecule has 1 aromatic carbocycles. The summed E-state index contributed by atoms with van der Waals surface area (Å²) in [6.07, 6.45) is 3.53. The van der Waals surface area contributed by atoms with Crippen LogP contribution < -0.4 is 0 Å². The van der Waals surface area contributed by atoms with Crippen LogP contribution in [0.25, 0.3) is 0 Å². The minimum absolute atomic E-state index is 0.0402. The predicted molar refractivity (Wildman–Crippen MR) is 61.4 cm³/mol. The van der Waals surface area contributed by atoms with E-state index in [9.17, 15) is 0 Å². The third kappa shape index (κ3) is 2.67. The van der Waals surface area contributed by atoms with Crippen LogP contribution in [0.3, 0.4) is 0 Å². The van der Waals surface area contributed by atoms with Gasteiger partial charge in [0.15, 0.2) is 0 Å². The molecule has 15 heavy (non-hydrogen) atoms. The maximum Gasteiger partial charge on any atom is 0.0712 e. The second-order valence-electron chi connectivity index (χ2n) is 3.33. The van der Waals surface area contributed by atoms with Gasteiger partial charge in [-0.05, 0) is 17.7 Å². The van der Waals surface area contributed by atoms with Gasteiger partial charge in [0, 0.05) is 16.2 Å². The molecule has 4 heteroatoms. The highest BCUT2D eigenvalue weighted by molar-refractivity contribution is 9.10. The van der Waals surface area contributed by atoms with Crippen LogP contribution in [0.5, 0.6) is 0 Å². The van der Waals surface area contributed by atoms with Gasteiger partial charge >= 0.3 is 0 Å². The van der Waals surface area contributed by atoms with E-state index in [0.717, 1.165) is 16.6 Å². The molecule has 0 bridgehead atoms. The topological polar surface area (TPSA) is 38.1 Å². The Hall–Kier alpha value is -1.13. The van der Waals surface area contributed by atoms with Crippen molar-refractivity contribution in [3.63, 3.8) is 0 Å². The average Bonchev–Trinajstić information content (AvgIpc) is 2.65. The second-order valence-corrected chi connectivity index (χ2v) is 4.25. The van der Waals surface area contributed by atoms with Crippen molar-refractivity contribution in [3.8, 4) is 0 Å². The monoisotopic (exact) mass is 266 g/mol. The highest BCUT2D eigenvalue weighted by Crippen LogP contribution is 2.12. The zero-order valence-corrected chi connectivity index (χ0v) is 9.68. The molecule has 0 saturated carbocycles. The fraction of sp³-hybridized carbons (Fsp3) is 0.182. The number of hydrogen-bond donors (Lipinski definition) is 1. The summed E-state index contributed by atoms with van der Waals surface area (Å²) in [5.41, 5.74) is 2.02. The van der Waals surface area contributed by atoms with Crippen LogP contribution in [0.15, 0.2) is 41.1 Å². The summed E-state index contributed by atoms with van der Waals surface area (Å²) in [7, 11) is 0. The SMILES string of the molecule is OCc1cnn(Cc2cccc(Br)c2)c1. The Morgan fingerprint density at radius 2 is 2.20 bits per heavy atom. The van der Waals surface area contributed by atoms with E-state index in [0.29, 0.717) is 0 Å². The third-order valence-electron chi connectivity index (χ3n) is 2.10. The molecule has 0 aliphatic carbocycles. The van der Waals surface area contributed by atoms with Gasteiger partial charge in [-0.25, -0.2) is 0 Å². The molecule has 2 rings (SSSR count). The lowest BCUT2D eigenvalue weighted by atomic mass is 10.2. The summed E-state index contributed by atoms with van der Waals surface area (Å²) in [6.45, 7) is 0.762. The van der Waals surface area contributed by atoms with Crippen LogP contribution in [-0.4, -0.2) is 14.9 Å². The van der Waals surface area contributed by atoms with Crippen molar-refractivity contribution in [1.29, 1.82) is 0 Å². The van der Waals surface area contributed by atoms with Crippen LogP contribution >= 0.6 is 15.9 Å². The Morgan fingerprint density at radius 1 is 1.33 bits per heavy atom. The molecule has 1 N–H and O–H groups in total. The van der Waals surface area contributed by atoms with Gasteiger partial charge in [0.05, 0.1) is 19.3 Å². The number of halogens is 1. The van der Waals surface area contributed by atoms with Crippen molar-refractivity contribution in [3.05, 3.63) is 52.3 Å². The van der Waals surface area contributed by atoms with Crippen molar-refractivity contribution in [2.75, 3.05) is 0 Å². The van der Waals surface area contributed by atoms with Crippen molar-refractivity contribution < 1.29 is 5.11 Å². The van der Waals surface area contributed by atoms with E-state index >= 15 is 0 Å². The van der Waals surface area contributed by atoms with Gasteiger partial charge in [-0.3, -0.25) is 4.68 Å². The van der Waals surface area contributed by atoms with E-state index in [1.54, 1.807) is 6.20 Å². The first-order valence-electron chi connectivity index (χ1n) is 4.64. The number of nitrogens with zero attached hydrogens (tertiary/aromatic N) is 2. The lowest BCUT2D eigenvalue weighted by Crippen LogP contribution is -1.99. The van der Waals surface area contributed by atoms with E-state index in [4.69, 9.17) is 5.11 Å². The molecule has 78 valence electrons. The van der Waals surface area contributed by atoms with Crippen molar-refractivity contribution in [2.24, 2.45) is 0 Å². The van der Waals surface area contributed by atoms with Crippen LogP contribution in [0.2, 0.25) is 0 Å². The first-order valence-corrected chi connectivity index (χ1v) is 5.44. The van der Waals surface area contributed by atoms with E-state index in [1.807, 2.05) is 29.1 Å². The fourth-order valence-electron chi connectivity index (χ4n) is 1.40. The second kappa shape index (κ2) is 4.59. The highest BCUT2D eigenvalue weighted by atomic mass is 79.9. The van der Waals surface area contributed by atoms with Gasteiger partial charge in [0.1, 0.15) is 0 Å². The minimum Gasteiger partial charge on any atom is -0.392 e. The molecule has 0 radical (unpaired) electrons. The number of aliphatic hydroxyl groups is 1. The molecule has 0 amide bonds. The van der Waals surface area contributed by atoms with Crippen LogP contribution in [0.4, 0.5) is 0 Å². The van der Waals surface area contributed by atoms with E-state index in [-0.39, 0.29) is 6.61 Å². The Kier molecular flexibility index (Phi) is 3.18. The smallest absolute Gasteiger partial charge is 0.0712 e. The highest BCUT2D eigenvalue weighted by Gasteiger charge is 1.99. The number of benzene rings is 1. The Balaban J connectivity index is 2.14. The van der Waals surface area contributed by atoms with E-state index in [2.05, 4.69) is 27.1 Å². The van der Waals surface area contributed by atoms with Crippen molar-refractivity contribution in [2.45, 2.75) is 13.2 Å². The van der Waals surface area contributed by atoms with Gasteiger partial charge in [0.2, 0.25) is 0 Å². The summed E-state index contributed by atoms with van der Waals surface area (Å²) in [4.78, 5) is 0. The fourth-order valence-corrected chi connectivity index (χ4v) is 1.84. The lowest BCUT2D eigenvalue weighted by Gasteiger charge is -2.01. The molecule has 0 atom stereocenters. The van der Waals surface area contributed by atoms with Crippen LogP contribution in [0.1, 0.15) is 11.1 Å². The van der Waals surface area contributed by atoms with Gasteiger partial charge in [-0.1, -0.05) is 28.1 Å². The largest absolute Gasteiger partial charge is 0.392 e. The Labute approximate surface area is 96.5 Å². The maximum atomic E-state index is 8.90. The van der Waals surface area contributed by atoms with Crippen LogP contribution in [-0.2, 0) is 13.2 Å². The molecule has 0 saturated heterocycles. The van der Waals surface area contributed by atoms with E-state index in [1.165, 1.54) is 5.56 Å². The van der Waals surface area contributed by atoms with Gasteiger partial charge in [-0.15, -0.1) is 0 Å². The zero-order valence-electron chi connectivity index (χ0n) is 8.10. The van der Waals surface area contributed by atoms with Crippen molar-refractivity contribution >= 4 is 15.9 Å². The van der Waals surface area contributed by atoms with Crippen LogP contribution in [0, 0.1) is 0 Å². The van der Waals surface area contributed by atoms with E-state index < -0.39 is 0 Å². The van der Waals surface area contributed by atoms with Gasteiger partial charge in [0.25, 0.3) is 0 Å². The zero-order chi connectivity index (χ0) is 10.7. The first-order chi connectivity index (χ1) is 7.28. The summed E-state index contributed by atoms with van der Waals surface area (Å²) in [5, 5.41) is 13.1. The first kappa shape index (κ1) is 10.4. The molecule has 1 aromatic heterocycles. The predicted octanol–water partition coefficient (Wildman–Crippen LogP) is 2.19. The quantitative estimate of drug-likeness (QED) is 0.925. The summed E-state index contributed by atoms with van der Waals surface area (Å²) in [6, 6.07) is 8.09. The number of aliphatic hydroxyl groups excluding tert-OH is 1. The average molecular weight is 267 g/mol. The molecule has 2 aromatic rings. The number of aromatic nitrogens is 2. The molecular formula is C11H11BrN2O. The molecule has 0 aliphatic heterocycles.